The number of benzene rings is 1. The molecule has 0 amide bonds. The van der Waals surface area contributed by atoms with Crippen molar-refractivity contribution < 1.29 is 4.42 Å². The normalized spacial score (nSPS) is 12.7. The van der Waals surface area contributed by atoms with E-state index in [0.717, 1.165) is 16.3 Å². The van der Waals surface area contributed by atoms with E-state index in [1.54, 1.807) is 0 Å². The van der Waals surface area contributed by atoms with E-state index in [1.165, 1.54) is 0 Å². The van der Waals surface area contributed by atoms with Gasteiger partial charge in [-0.25, -0.2) is 0 Å². The van der Waals surface area contributed by atoms with Crippen molar-refractivity contribution in [2.45, 2.75) is 11.8 Å². The van der Waals surface area contributed by atoms with Gasteiger partial charge in [0, 0.05) is 5.02 Å². The zero-order valence-corrected chi connectivity index (χ0v) is 11.4. The van der Waals surface area contributed by atoms with Gasteiger partial charge >= 0.3 is 0 Å². The minimum Gasteiger partial charge on any atom is -0.453 e. The Morgan fingerprint density at radius 1 is 1.25 bits per heavy atom. The molecule has 0 bridgehead atoms. The van der Waals surface area contributed by atoms with Crippen molar-refractivity contribution in [3.05, 3.63) is 57.4 Å². The molecule has 1 aromatic carbocycles. The molecule has 16 heavy (non-hydrogen) atoms. The number of alkyl halides is 1. The molecule has 0 N–H and O–H groups in total. The smallest absolute Gasteiger partial charge is 0.169 e. The number of furan rings is 1. The first kappa shape index (κ1) is 12.0. The summed E-state index contributed by atoms with van der Waals surface area (Å²) in [5.41, 5.74) is 1.10. The first-order chi connectivity index (χ1) is 7.65. The van der Waals surface area contributed by atoms with Gasteiger partial charge in [-0.05, 0) is 52.2 Å². The largest absolute Gasteiger partial charge is 0.453 e. The van der Waals surface area contributed by atoms with Crippen LogP contribution in [0.3, 0.4) is 0 Å². The Kier molecular flexibility index (Phi) is 3.95. The summed E-state index contributed by atoms with van der Waals surface area (Å²) in [7, 11) is 0. The molecule has 0 aliphatic rings. The third kappa shape index (κ3) is 3.03. The minimum absolute atomic E-state index is 0.176. The van der Waals surface area contributed by atoms with E-state index in [-0.39, 0.29) is 5.38 Å². The van der Waals surface area contributed by atoms with Crippen molar-refractivity contribution in [3.63, 3.8) is 0 Å². The summed E-state index contributed by atoms with van der Waals surface area (Å²) < 4.78 is 6.09. The lowest BCUT2D eigenvalue weighted by atomic mass is 10.1. The van der Waals surface area contributed by atoms with Crippen LogP contribution >= 0.6 is 39.1 Å². The van der Waals surface area contributed by atoms with Crippen LogP contribution in [0, 0.1) is 0 Å². The summed E-state index contributed by atoms with van der Waals surface area (Å²) in [6.45, 7) is 0. The van der Waals surface area contributed by atoms with E-state index in [0.29, 0.717) is 11.1 Å². The second-order valence-corrected chi connectivity index (χ2v) is 5.19. The van der Waals surface area contributed by atoms with E-state index < -0.39 is 0 Å². The molecule has 2 rings (SSSR count). The predicted octanol–water partition coefficient (Wildman–Crippen LogP) is 5.22. The van der Waals surface area contributed by atoms with Gasteiger partial charge in [-0.1, -0.05) is 23.7 Å². The average Bonchev–Trinajstić information content (AvgIpc) is 2.65. The predicted molar refractivity (Wildman–Crippen MR) is 70.2 cm³/mol. The van der Waals surface area contributed by atoms with Crippen LogP contribution in [-0.2, 0) is 6.42 Å². The van der Waals surface area contributed by atoms with Gasteiger partial charge in [-0.2, -0.15) is 0 Å². The first-order valence-electron chi connectivity index (χ1n) is 4.79. The molecule has 1 aromatic heterocycles. The molecule has 4 heteroatoms. The molecule has 1 atom stereocenters. The standard InChI is InChI=1S/C12H9BrCl2O/c13-12-5-4-11(16-12)10(15)7-8-2-1-3-9(14)6-8/h1-6,10H,7H2. The maximum atomic E-state index is 6.25. The Hall–Kier alpha value is -0.440. The van der Waals surface area contributed by atoms with Crippen molar-refractivity contribution in [2.75, 3.05) is 0 Å². The Balaban J connectivity index is 2.10. The average molecular weight is 320 g/mol. The zero-order valence-electron chi connectivity index (χ0n) is 8.29. The Morgan fingerprint density at radius 3 is 2.69 bits per heavy atom. The lowest BCUT2D eigenvalue weighted by Crippen LogP contribution is -1.93. The highest BCUT2D eigenvalue weighted by Crippen LogP contribution is 2.29. The molecule has 0 saturated heterocycles. The molecule has 0 aliphatic carbocycles. The van der Waals surface area contributed by atoms with Crippen LogP contribution in [0.1, 0.15) is 16.7 Å². The van der Waals surface area contributed by atoms with Gasteiger partial charge in [-0.15, -0.1) is 11.6 Å². The van der Waals surface area contributed by atoms with Crippen LogP contribution in [0.25, 0.3) is 0 Å². The molecular formula is C12H9BrCl2O. The van der Waals surface area contributed by atoms with E-state index in [1.807, 2.05) is 36.4 Å². The second kappa shape index (κ2) is 5.26. The summed E-state index contributed by atoms with van der Waals surface area (Å²) in [6.07, 6.45) is 0.696. The monoisotopic (exact) mass is 318 g/mol. The number of hydrogen-bond donors (Lipinski definition) is 0. The maximum Gasteiger partial charge on any atom is 0.169 e. The van der Waals surface area contributed by atoms with Crippen LogP contribution in [0.15, 0.2) is 45.5 Å². The lowest BCUT2D eigenvalue weighted by molar-refractivity contribution is 0.481. The maximum absolute atomic E-state index is 6.25. The van der Waals surface area contributed by atoms with E-state index >= 15 is 0 Å². The third-order valence-electron chi connectivity index (χ3n) is 2.21. The first-order valence-corrected chi connectivity index (χ1v) is 6.39. The lowest BCUT2D eigenvalue weighted by Gasteiger charge is -2.06. The molecule has 1 unspecified atom stereocenters. The van der Waals surface area contributed by atoms with Gasteiger partial charge in [0.25, 0.3) is 0 Å². The van der Waals surface area contributed by atoms with Gasteiger partial charge < -0.3 is 4.42 Å². The SMILES string of the molecule is Clc1cccc(CC(Cl)c2ccc(Br)o2)c1. The van der Waals surface area contributed by atoms with Gasteiger partial charge in [0.1, 0.15) is 5.76 Å². The van der Waals surface area contributed by atoms with Crippen molar-refractivity contribution in [1.29, 1.82) is 0 Å². The van der Waals surface area contributed by atoms with Gasteiger partial charge in [0.05, 0.1) is 5.38 Å². The fraction of sp³-hybridized carbons (Fsp3) is 0.167. The van der Waals surface area contributed by atoms with Gasteiger partial charge in [0.15, 0.2) is 4.67 Å². The topological polar surface area (TPSA) is 13.1 Å². The summed E-state index contributed by atoms with van der Waals surface area (Å²) in [5.74, 6) is 0.758. The highest BCUT2D eigenvalue weighted by Gasteiger charge is 2.13. The van der Waals surface area contributed by atoms with E-state index in [9.17, 15) is 0 Å². The highest BCUT2D eigenvalue weighted by atomic mass is 79.9. The molecule has 0 aliphatic heterocycles. The van der Waals surface area contributed by atoms with Crippen LogP contribution in [0.5, 0.6) is 0 Å². The number of halogens is 3. The Morgan fingerprint density at radius 2 is 2.06 bits per heavy atom. The van der Waals surface area contributed by atoms with Crippen LogP contribution in [0.2, 0.25) is 5.02 Å². The molecule has 84 valence electrons. The van der Waals surface area contributed by atoms with Crippen molar-refractivity contribution in [2.24, 2.45) is 0 Å². The molecule has 1 heterocycles. The van der Waals surface area contributed by atoms with Crippen molar-refractivity contribution in [1.82, 2.24) is 0 Å². The molecule has 1 nitrogen and oxygen atoms in total. The van der Waals surface area contributed by atoms with Crippen LogP contribution < -0.4 is 0 Å². The molecule has 0 fully saturated rings. The fourth-order valence-electron chi connectivity index (χ4n) is 1.47. The van der Waals surface area contributed by atoms with Crippen molar-refractivity contribution >= 4 is 39.1 Å². The Labute approximate surface area is 112 Å². The van der Waals surface area contributed by atoms with Crippen molar-refractivity contribution in [3.8, 4) is 0 Å². The summed E-state index contributed by atoms with van der Waals surface area (Å²) >= 11 is 15.4. The second-order valence-electron chi connectivity index (χ2n) is 3.44. The van der Waals surface area contributed by atoms with E-state index in [2.05, 4.69) is 15.9 Å². The van der Waals surface area contributed by atoms with Crippen LogP contribution in [-0.4, -0.2) is 0 Å². The molecular weight excluding hydrogens is 311 g/mol. The summed E-state index contributed by atoms with van der Waals surface area (Å²) in [5, 5.41) is 0.548. The number of rotatable bonds is 3. The highest BCUT2D eigenvalue weighted by molar-refractivity contribution is 9.10. The van der Waals surface area contributed by atoms with Crippen LogP contribution in [0.4, 0.5) is 0 Å². The molecule has 0 saturated carbocycles. The summed E-state index contributed by atoms with van der Waals surface area (Å²) in [4.78, 5) is 0. The van der Waals surface area contributed by atoms with Gasteiger partial charge in [-0.3, -0.25) is 0 Å². The fourth-order valence-corrected chi connectivity index (χ4v) is 2.30. The van der Waals surface area contributed by atoms with E-state index in [4.69, 9.17) is 27.6 Å². The minimum atomic E-state index is -0.176. The molecule has 0 radical (unpaired) electrons. The number of hydrogen-bond acceptors (Lipinski definition) is 1. The Bertz CT molecular complexity index is 481. The zero-order chi connectivity index (χ0) is 11.5. The van der Waals surface area contributed by atoms with Gasteiger partial charge in [0.2, 0.25) is 0 Å². The third-order valence-corrected chi connectivity index (χ3v) is 3.24. The quantitative estimate of drug-likeness (QED) is 0.707. The molecule has 0 spiro atoms. The molecule has 2 aromatic rings. The summed E-state index contributed by atoms with van der Waals surface area (Å²) in [6, 6.07) is 11.4.